The van der Waals surface area contributed by atoms with Crippen molar-refractivity contribution in [3.05, 3.63) is 26.7 Å². The van der Waals surface area contributed by atoms with E-state index in [1.807, 2.05) is 12.1 Å². The standard InChI is InChI=1S/C16H22BrCl2N/c1-10(2)6-11-4-3-5-13(7-11)20-16-14(18)8-12(17)9-15(16)19/h8-11,13,20H,3-7H2,1-2H3. The van der Waals surface area contributed by atoms with E-state index in [4.69, 9.17) is 23.2 Å². The Balaban J connectivity index is 2.03. The van der Waals surface area contributed by atoms with Crippen molar-refractivity contribution >= 4 is 44.8 Å². The van der Waals surface area contributed by atoms with Gasteiger partial charge in [0.05, 0.1) is 15.7 Å². The maximum absolute atomic E-state index is 6.30. The van der Waals surface area contributed by atoms with Gasteiger partial charge in [-0.1, -0.05) is 65.8 Å². The molecule has 0 radical (unpaired) electrons. The zero-order valence-electron chi connectivity index (χ0n) is 12.1. The van der Waals surface area contributed by atoms with Crippen LogP contribution in [0.25, 0.3) is 0 Å². The van der Waals surface area contributed by atoms with Crippen LogP contribution in [0.15, 0.2) is 16.6 Å². The fraction of sp³-hybridized carbons (Fsp3) is 0.625. The highest BCUT2D eigenvalue weighted by molar-refractivity contribution is 9.10. The molecule has 0 heterocycles. The zero-order chi connectivity index (χ0) is 14.7. The molecule has 0 saturated heterocycles. The van der Waals surface area contributed by atoms with Crippen molar-refractivity contribution < 1.29 is 0 Å². The highest BCUT2D eigenvalue weighted by atomic mass is 79.9. The van der Waals surface area contributed by atoms with Crippen LogP contribution < -0.4 is 5.32 Å². The van der Waals surface area contributed by atoms with Crippen molar-refractivity contribution in [3.63, 3.8) is 0 Å². The highest BCUT2D eigenvalue weighted by Crippen LogP contribution is 2.37. The third-order valence-corrected chi connectivity index (χ3v) is 5.00. The van der Waals surface area contributed by atoms with Gasteiger partial charge in [-0.25, -0.2) is 0 Å². The smallest absolute Gasteiger partial charge is 0.0721 e. The summed E-state index contributed by atoms with van der Waals surface area (Å²) in [6, 6.07) is 4.28. The molecule has 2 atom stereocenters. The average Bonchev–Trinajstić information content (AvgIpc) is 2.33. The number of hydrogen-bond donors (Lipinski definition) is 1. The molecule has 0 aliphatic heterocycles. The molecule has 1 saturated carbocycles. The van der Waals surface area contributed by atoms with Gasteiger partial charge < -0.3 is 5.32 Å². The van der Waals surface area contributed by atoms with Crippen LogP contribution in [0.2, 0.25) is 10.0 Å². The topological polar surface area (TPSA) is 12.0 Å². The molecule has 1 fully saturated rings. The largest absolute Gasteiger partial charge is 0.380 e. The van der Waals surface area contributed by atoms with Crippen molar-refractivity contribution in [3.8, 4) is 0 Å². The Bertz CT molecular complexity index is 439. The Hall–Kier alpha value is 0.0800. The normalized spacial score (nSPS) is 23.1. The Morgan fingerprint density at radius 1 is 1.25 bits per heavy atom. The summed E-state index contributed by atoms with van der Waals surface area (Å²) in [5.74, 6) is 1.60. The number of hydrogen-bond acceptors (Lipinski definition) is 1. The first-order valence-electron chi connectivity index (χ1n) is 7.36. The molecule has 0 aromatic heterocycles. The molecule has 1 N–H and O–H groups in total. The summed E-state index contributed by atoms with van der Waals surface area (Å²) < 4.78 is 0.916. The van der Waals surface area contributed by atoms with Crippen molar-refractivity contribution in [2.24, 2.45) is 11.8 Å². The van der Waals surface area contributed by atoms with Gasteiger partial charge in [0.25, 0.3) is 0 Å². The maximum Gasteiger partial charge on any atom is 0.0721 e. The molecule has 1 aromatic carbocycles. The van der Waals surface area contributed by atoms with E-state index in [1.165, 1.54) is 32.1 Å². The molecule has 0 spiro atoms. The van der Waals surface area contributed by atoms with Gasteiger partial charge >= 0.3 is 0 Å². The lowest BCUT2D eigenvalue weighted by atomic mass is 9.81. The number of benzene rings is 1. The van der Waals surface area contributed by atoms with E-state index in [-0.39, 0.29) is 0 Å². The molecule has 2 unspecified atom stereocenters. The van der Waals surface area contributed by atoms with Crippen LogP contribution in [0.1, 0.15) is 46.0 Å². The van der Waals surface area contributed by atoms with Crippen LogP contribution in [0.4, 0.5) is 5.69 Å². The van der Waals surface area contributed by atoms with E-state index in [2.05, 4.69) is 35.1 Å². The van der Waals surface area contributed by atoms with E-state index in [9.17, 15) is 0 Å². The minimum absolute atomic E-state index is 0.490. The predicted octanol–water partition coefficient (Wildman–Crippen LogP) is 6.77. The van der Waals surface area contributed by atoms with E-state index in [0.717, 1.165) is 22.0 Å². The number of rotatable bonds is 4. The quantitative estimate of drug-likeness (QED) is 0.609. The van der Waals surface area contributed by atoms with Crippen LogP contribution in [0.5, 0.6) is 0 Å². The number of halogens is 3. The molecule has 20 heavy (non-hydrogen) atoms. The maximum atomic E-state index is 6.30. The van der Waals surface area contributed by atoms with Crippen molar-refractivity contribution in [1.82, 2.24) is 0 Å². The summed E-state index contributed by atoms with van der Waals surface area (Å²) in [6.45, 7) is 4.61. The van der Waals surface area contributed by atoms with E-state index < -0.39 is 0 Å². The lowest BCUT2D eigenvalue weighted by Crippen LogP contribution is -2.28. The molecule has 1 aromatic rings. The van der Waals surface area contributed by atoms with Crippen LogP contribution in [0.3, 0.4) is 0 Å². The first-order chi connectivity index (χ1) is 9.45. The molecule has 2 rings (SSSR count). The predicted molar refractivity (Wildman–Crippen MR) is 93.0 cm³/mol. The second-order valence-corrected chi connectivity index (χ2v) is 7.98. The van der Waals surface area contributed by atoms with E-state index >= 15 is 0 Å². The van der Waals surface area contributed by atoms with Gasteiger partial charge in [0.15, 0.2) is 0 Å². The summed E-state index contributed by atoms with van der Waals surface area (Å²) in [4.78, 5) is 0. The van der Waals surface area contributed by atoms with Gasteiger partial charge in [0, 0.05) is 10.5 Å². The SMILES string of the molecule is CC(C)CC1CCCC(Nc2c(Cl)cc(Br)cc2Cl)C1. The van der Waals surface area contributed by atoms with Crippen molar-refractivity contribution in [2.45, 2.75) is 52.0 Å². The Morgan fingerprint density at radius 3 is 2.50 bits per heavy atom. The molecular formula is C16H22BrCl2N. The summed E-state index contributed by atoms with van der Waals surface area (Å²) >= 11 is 16.0. The van der Waals surface area contributed by atoms with Gasteiger partial charge in [0.2, 0.25) is 0 Å². The highest BCUT2D eigenvalue weighted by Gasteiger charge is 2.23. The minimum Gasteiger partial charge on any atom is -0.380 e. The molecular weight excluding hydrogens is 357 g/mol. The molecule has 4 heteroatoms. The summed E-state index contributed by atoms with van der Waals surface area (Å²) in [6.07, 6.45) is 6.40. The van der Waals surface area contributed by atoms with Gasteiger partial charge in [-0.2, -0.15) is 0 Å². The molecule has 0 amide bonds. The van der Waals surface area contributed by atoms with Gasteiger partial charge in [-0.05, 0) is 43.2 Å². The second kappa shape index (κ2) is 7.38. The van der Waals surface area contributed by atoms with Gasteiger partial charge in [0.1, 0.15) is 0 Å². The van der Waals surface area contributed by atoms with Crippen LogP contribution in [-0.2, 0) is 0 Å². The number of nitrogens with one attached hydrogen (secondary N) is 1. The molecule has 1 aliphatic carbocycles. The summed E-state index contributed by atoms with van der Waals surface area (Å²) in [5.41, 5.74) is 0.881. The summed E-state index contributed by atoms with van der Waals surface area (Å²) in [5, 5.41) is 4.94. The average molecular weight is 379 g/mol. The Morgan fingerprint density at radius 2 is 1.90 bits per heavy atom. The van der Waals surface area contributed by atoms with Gasteiger partial charge in [-0.15, -0.1) is 0 Å². The molecule has 112 valence electrons. The van der Waals surface area contributed by atoms with Crippen LogP contribution in [-0.4, -0.2) is 6.04 Å². The van der Waals surface area contributed by atoms with E-state index in [1.54, 1.807) is 0 Å². The third-order valence-electron chi connectivity index (χ3n) is 3.94. The first-order valence-corrected chi connectivity index (χ1v) is 8.91. The fourth-order valence-electron chi connectivity index (χ4n) is 3.19. The monoisotopic (exact) mass is 377 g/mol. The third kappa shape index (κ3) is 4.54. The van der Waals surface area contributed by atoms with Crippen molar-refractivity contribution in [1.29, 1.82) is 0 Å². The van der Waals surface area contributed by atoms with Crippen LogP contribution in [0, 0.1) is 11.8 Å². The lowest BCUT2D eigenvalue weighted by Gasteiger charge is -2.32. The van der Waals surface area contributed by atoms with Crippen LogP contribution >= 0.6 is 39.1 Å². The lowest BCUT2D eigenvalue weighted by molar-refractivity contribution is 0.289. The zero-order valence-corrected chi connectivity index (χ0v) is 15.2. The molecule has 1 nitrogen and oxygen atoms in total. The first kappa shape index (κ1) is 16.5. The molecule has 0 bridgehead atoms. The summed E-state index contributed by atoms with van der Waals surface area (Å²) in [7, 11) is 0. The Kier molecular flexibility index (Phi) is 6.07. The Labute approximate surface area is 140 Å². The molecule has 1 aliphatic rings. The van der Waals surface area contributed by atoms with Crippen molar-refractivity contribution in [2.75, 3.05) is 5.32 Å². The van der Waals surface area contributed by atoms with E-state index in [0.29, 0.717) is 16.1 Å². The minimum atomic E-state index is 0.490. The second-order valence-electron chi connectivity index (χ2n) is 6.25. The fourth-order valence-corrected chi connectivity index (χ4v) is 4.50. The number of anilines is 1. The van der Waals surface area contributed by atoms with Gasteiger partial charge in [-0.3, -0.25) is 0 Å².